The molecule has 0 saturated heterocycles. The maximum absolute atomic E-state index is 10.6. The lowest BCUT2D eigenvalue weighted by atomic mass is 10.0. The van der Waals surface area contributed by atoms with Gasteiger partial charge in [0.1, 0.15) is 0 Å². The number of carbonyl (C=O) groups is 1. The second kappa shape index (κ2) is 7.63. The molecule has 1 N–H and O–H groups in total. The van der Waals surface area contributed by atoms with E-state index in [-0.39, 0.29) is 6.42 Å². The largest absolute Gasteiger partial charge is 0.493 e. The van der Waals surface area contributed by atoms with Gasteiger partial charge in [0.15, 0.2) is 11.5 Å². The lowest BCUT2D eigenvalue weighted by Gasteiger charge is -2.14. The van der Waals surface area contributed by atoms with Crippen LogP contribution < -0.4 is 9.47 Å². The predicted molar refractivity (Wildman–Crippen MR) is 70.8 cm³/mol. The van der Waals surface area contributed by atoms with Gasteiger partial charge in [-0.25, -0.2) is 0 Å². The first-order chi connectivity index (χ1) is 9.12. The summed E-state index contributed by atoms with van der Waals surface area (Å²) >= 11 is 0. The van der Waals surface area contributed by atoms with E-state index >= 15 is 0 Å². The molecule has 1 aromatic carbocycles. The van der Waals surface area contributed by atoms with Crippen LogP contribution >= 0.6 is 0 Å². The third-order valence-electron chi connectivity index (χ3n) is 2.84. The minimum Gasteiger partial charge on any atom is -0.493 e. The van der Waals surface area contributed by atoms with Gasteiger partial charge in [0, 0.05) is 13.5 Å². The standard InChI is InChI=1S/C14H20O5/c1-17-9-11-8-13(19-3)12(18-2)7-10(11)5-4-6-14(15)16/h7-8H,4-6,9H2,1-3H3,(H,15,16). The van der Waals surface area contributed by atoms with Gasteiger partial charge < -0.3 is 19.3 Å². The fourth-order valence-electron chi connectivity index (χ4n) is 1.92. The molecule has 1 aromatic rings. The Morgan fingerprint density at radius 1 is 1.11 bits per heavy atom. The molecular formula is C14H20O5. The SMILES string of the molecule is COCc1cc(OC)c(OC)cc1CCCC(=O)O. The number of methoxy groups -OCH3 is 3. The molecule has 1 rings (SSSR count). The van der Waals surface area contributed by atoms with Crippen molar-refractivity contribution in [3.05, 3.63) is 23.3 Å². The van der Waals surface area contributed by atoms with Gasteiger partial charge in [-0.05, 0) is 36.1 Å². The van der Waals surface area contributed by atoms with E-state index < -0.39 is 5.97 Å². The zero-order chi connectivity index (χ0) is 14.3. The zero-order valence-corrected chi connectivity index (χ0v) is 11.6. The highest BCUT2D eigenvalue weighted by Gasteiger charge is 2.11. The van der Waals surface area contributed by atoms with E-state index in [1.165, 1.54) is 0 Å². The molecule has 0 fully saturated rings. The van der Waals surface area contributed by atoms with Crippen molar-refractivity contribution < 1.29 is 24.1 Å². The summed E-state index contributed by atoms with van der Waals surface area (Å²) in [7, 11) is 4.78. The number of carboxylic acids is 1. The van der Waals surface area contributed by atoms with Crippen molar-refractivity contribution in [1.82, 2.24) is 0 Å². The summed E-state index contributed by atoms with van der Waals surface area (Å²) in [6.45, 7) is 0.461. The van der Waals surface area contributed by atoms with Crippen LogP contribution in [-0.2, 0) is 22.6 Å². The minimum absolute atomic E-state index is 0.154. The van der Waals surface area contributed by atoms with Crippen molar-refractivity contribution >= 4 is 5.97 Å². The van der Waals surface area contributed by atoms with Gasteiger partial charge in [-0.3, -0.25) is 4.79 Å². The minimum atomic E-state index is -0.784. The van der Waals surface area contributed by atoms with Crippen molar-refractivity contribution in [3.8, 4) is 11.5 Å². The molecule has 0 saturated carbocycles. The van der Waals surface area contributed by atoms with Crippen molar-refractivity contribution in [2.75, 3.05) is 21.3 Å². The smallest absolute Gasteiger partial charge is 0.303 e. The summed E-state index contributed by atoms with van der Waals surface area (Å²) in [4.78, 5) is 10.6. The molecule has 5 nitrogen and oxygen atoms in total. The molecule has 0 unspecified atom stereocenters. The van der Waals surface area contributed by atoms with Crippen LogP contribution in [0.1, 0.15) is 24.0 Å². The number of benzene rings is 1. The van der Waals surface area contributed by atoms with Gasteiger partial charge in [0.2, 0.25) is 0 Å². The van der Waals surface area contributed by atoms with Crippen LogP contribution in [-0.4, -0.2) is 32.4 Å². The van der Waals surface area contributed by atoms with Crippen LogP contribution in [0.5, 0.6) is 11.5 Å². The van der Waals surface area contributed by atoms with Gasteiger partial charge >= 0.3 is 5.97 Å². The molecule has 0 radical (unpaired) electrons. The summed E-state index contributed by atoms with van der Waals surface area (Å²) < 4.78 is 15.7. The van der Waals surface area contributed by atoms with Crippen LogP contribution in [0.25, 0.3) is 0 Å². The normalized spacial score (nSPS) is 10.3. The second-order valence-corrected chi connectivity index (χ2v) is 4.16. The number of carboxylic acid groups (broad SMARTS) is 1. The summed E-state index contributed by atoms with van der Waals surface area (Å²) in [6, 6.07) is 3.76. The van der Waals surface area contributed by atoms with Gasteiger partial charge in [0.25, 0.3) is 0 Å². The van der Waals surface area contributed by atoms with E-state index in [1.807, 2.05) is 12.1 Å². The summed E-state index contributed by atoms with van der Waals surface area (Å²) in [5, 5.41) is 8.68. The van der Waals surface area contributed by atoms with E-state index in [1.54, 1.807) is 21.3 Å². The predicted octanol–water partition coefficient (Wildman–Crippen LogP) is 2.26. The molecular weight excluding hydrogens is 248 g/mol. The molecule has 0 aliphatic rings. The van der Waals surface area contributed by atoms with E-state index in [2.05, 4.69) is 0 Å². The average Bonchev–Trinajstić information content (AvgIpc) is 2.39. The molecule has 19 heavy (non-hydrogen) atoms. The highest BCUT2D eigenvalue weighted by atomic mass is 16.5. The van der Waals surface area contributed by atoms with Crippen LogP contribution in [0.2, 0.25) is 0 Å². The van der Waals surface area contributed by atoms with Crippen molar-refractivity contribution in [1.29, 1.82) is 0 Å². The average molecular weight is 268 g/mol. The molecule has 0 spiro atoms. The molecule has 106 valence electrons. The molecule has 0 aromatic heterocycles. The summed E-state index contributed by atoms with van der Waals surface area (Å²) in [5.41, 5.74) is 2.02. The van der Waals surface area contributed by atoms with E-state index in [0.29, 0.717) is 30.9 Å². The van der Waals surface area contributed by atoms with Crippen LogP contribution in [0, 0.1) is 0 Å². The van der Waals surface area contributed by atoms with Crippen molar-refractivity contribution in [2.24, 2.45) is 0 Å². The van der Waals surface area contributed by atoms with Gasteiger partial charge in [-0.2, -0.15) is 0 Å². The van der Waals surface area contributed by atoms with Gasteiger partial charge in [0.05, 0.1) is 20.8 Å². The maximum Gasteiger partial charge on any atom is 0.303 e. The van der Waals surface area contributed by atoms with E-state index in [4.69, 9.17) is 19.3 Å². The Bertz CT molecular complexity index is 428. The monoisotopic (exact) mass is 268 g/mol. The summed E-state index contributed by atoms with van der Waals surface area (Å²) in [6.07, 6.45) is 1.41. The fourth-order valence-corrected chi connectivity index (χ4v) is 1.92. The second-order valence-electron chi connectivity index (χ2n) is 4.16. The Morgan fingerprint density at radius 2 is 1.68 bits per heavy atom. The first kappa shape index (κ1) is 15.3. The van der Waals surface area contributed by atoms with Crippen LogP contribution in [0.15, 0.2) is 12.1 Å². The topological polar surface area (TPSA) is 65.0 Å². The third-order valence-corrected chi connectivity index (χ3v) is 2.84. The molecule has 0 bridgehead atoms. The lowest BCUT2D eigenvalue weighted by molar-refractivity contribution is -0.137. The molecule has 0 aliphatic carbocycles. The number of hydrogen-bond acceptors (Lipinski definition) is 4. The Kier molecular flexibility index (Phi) is 6.15. The highest BCUT2D eigenvalue weighted by molar-refractivity contribution is 5.66. The number of hydrogen-bond donors (Lipinski definition) is 1. The fraction of sp³-hybridized carbons (Fsp3) is 0.500. The van der Waals surface area contributed by atoms with Crippen molar-refractivity contribution in [3.63, 3.8) is 0 Å². The quantitative estimate of drug-likeness (QED) is 0.783. The molecule has 0 aliphatic heterocycles. The molecule has 5 heteroatoms. The summed E-state index contributed by atoms with van der Waals surface area (Å²) in [5.74, 6) is 0.512. The third kappa shape index (κ3) is 4.44. The Hall–Kier alpha value is -1.75. The van der Waals surface area contributed by atoms with Gasteiger partial charge in [-0.15, -0.1) is 0 Å². The van der Waals surface area contributed by atoms with Crippen LogP contribution in [0.3, 0.4) is 0 Å². The number of rotatable bonds is 8. The Labute approximate surface area is 113 Å². The van der Waals surface area contributed by atoms with Crippen LogP contribution in [0.4, 0.5) is 0 Å². The van der Waals surface area contributed by atoms with E-state index in [9.17, 15) is 4.79 Å². The highest BCUT2D eigenvalue weighted by Crippen LogP contribution is 2.31. The maximum atomic E-state index is 10.6. The number of aliphatic carboxylic acids is 1. The first-order valence-electron chi connectivity index (χ1n) is 6.06. The molecule has 0 heterocycles. The number of ether oxygens (including phenoxy) is 3. The Balaban J connectivity index is 2.94. The first-order valence-corrected chi connectivity index (χ1v) is 6.06. The van der Waals surface area contributed by atoms with Crippen molar-refractivity contribution in [2.45, 2.75) is 25.9 Å². The lowest BCUT2D eigenvalue weighted by Crippen LogP contribution is -2.02. The number of aryl methyl sites for hydroxylation is 1. The van der Waals surface area contributed by atoms with E-state index in [0.717, 1.165) is 11.1 Å². The molecule has 0 atom stereocenters. The Morgan fingerprint density at radius 3 is 2.16 bits per heavy atom. The molecule has 0 amide bonds. The zero-order valence-electron chi connectivity index (χ0n) is 11.6. The van der Waals surface area contributed by atoms with Gasteiger partial charge in [-0.1, -0.05) is 0 Å².